The zero-order valence-electron chi connectivity index (χ0n) is 12.5. The maximum absolute atomic E-state index is 12.2. The summed E-state index contributed by atoms with van der Waals surface area (Å²) >= 11 is 0. The minimum atomic E-state index is -0.416. The third kappa shape index (κ3) is 3.23. The van der Waals surface area contributed by atoms with E-state index in [-0.39, 0.29) is 5.56 Å². The lowest BCUT2D eigenvalue weighted by Crippen LogP contribution is -2.31. The quantitative estimate of drug-likeness (QED) is 0.645. The third-order valence-corrected chi connectivity index (χ3v) is 3.71. The largest absolute Gasteiger partial charge is 0.398 e. The van der Waals surface area contributed by atoms with E-state index in [1.54, 1.807) is 24.3 Å². The van der Waals surface area contributed by atoms with Crippen molar-refractivity contribution in [1.82, 2.24) is 10.3 Å². The zero-order valence-corrected chi connectivity index (χ0v) is 12.5. The number of nitrogen functional groups attached to an aromatic ring is 1. The summed E-state index contributed by atoms with van der Waals surface area (Å²) in [5.74, 6) is -0.396. The highest BCUT2D eigenvalue weighted by Crippen LogP contribution is 2.18. The number of rotatable bonds is 4. The molecule has 0 saturated heterocycles. The zero-order chi connectivity index (χ0) is 16.2. The summed E-state index contributed by atoms with van der Waals surface area (Å²) < 4.78 is 0. The third-order valence-electron chi connectivity index (χ3n) is 3.71. The Labute approximate surface area is 133 Å². The molecule has 0 unspecified atom stereocenters. The van der Waals surface area contributed by atoms with Crippen LogP contribution in [0.4, 0.5) is 5.69 Å². The Morgan fingerprint density at radius 2 is 1.87 bits per heavy atom. The van der Waals surface area contributed by atoms with Crippen molar-refractivity contribution >= 4 is 22.5 Å². The van der Waals surface area contributed by atoms with Gasteiger partial charge in [-0.05, 0) is 30.2 Å². The highest BCUT2D eigenvalue weighted by Gasteiger charge is 2.12. The summed E-state index contributed by atoms with van der Waals surface area (Å²) in [7, 11) is 0. The van der Waals surface area contributed by atoms with Crippen LogP contribution < -0.4 is 16.6 Å². The van der Waals surface area contributed by atoms with Gasteiger partial charge in [0.05, 0.1) is 5.52 Å². The molecule has 3 rings (SSSR count). The molecule has 3 aromatic rings. The fourth-order valence-electron chi connectivity index (χ4n) is 2.48. The number of fused-ring (bicyclic) bond motifs is 1. The van der Waals surface area contributed by atoms with E-state index in [0.29, 0.717) is 29.6 Å². The van der Waals surface area contributed by atoms with Gasteiger partial charge in [0.25, 0.3) is 11.5 Å². The average molecular weight is 307 g/mol. The molecule has 0 aliphatic heterocycles. The molecule has 0 atom stereocenters. The second-order valence-electron chi connectivity index (χ2n) is 5.31. The van der Waals surface area contributed by atoms with Crippen molar-refractivity contribution in [1.29, 1.82) is 0 Å². The number of carbonyl (C=O) groups excluding carboxylic acids is 1. The van der Waals surface area contributed by atoms with E-state index in [2.05, 4.69) is 10.3 Å². The molecule has 23 heavy (non-hydrogen) atoms. The van der Waals surface area contributed by atoms with Crippen molar-refractivity contribution < 1.29 is 4.79 Å². The van der Waals surface area contributed by atoms with E-state index < -0.39 is 11.5 Å². The molecule has 0 radical (unpaired) electrons. The van der Waals surface area contributed by atoms with Crippen LogP contribution in [0.3, 0.4) is 0 Å². The summed E-state index contributed by atoms with van der Waals surface area (Å²) in [6.07, 6.45) is 0.709. The molecule has 0 bridgehead atoms. The van der Waals surface area contributed by atoms with Gasteiger partial charge in [-0.2, -0.15) is 0 Å². The highest BCUT2D eigenvalue weighted by atomic mass is 16.2. The maximum atomic E-state index is 12.2. The van der Waals surface area contributed by atoms with Gasteiger partial charge >= 0.3 is 0 Å². The van der Waals surface area contributed by atoms with Crippen LogP contribution in [0.15, 0.2) is 59.4 Å². The summed E-state index contributed by atoms with van der Waals surface area (Å²) in [6.45, 7) is 0.463. The molecule has 0 saturated carbocycles. The first kappa shape index (κ1) is 14.8. The molecule has 116 valence electrons. The normalized spacial score (nSPS) is 10.6. The minimum Gasteiger partial charge on any atom is -0.398 e. The molecule has 2 aromatic carbocycles. The smallest absolute Gasteiger partial charge is 0.261 e. The van der Waals surface area contributed by atoms with Gasteiger partial charge in [-0.3, -0.25) is 9.59 Å². The van der Waals surface area contributed by atoms with E-state index >= 15 is 0 Å². The van der Waals surface area contributed by atoms with Crippen LogP contribution in [-0.4, -0.2) is 17.4 Å². The molecule has 4 N–H and O–H groups in total. The summed E-state index contributed by atoms with van der Waals surface area (Å²) in [6, 6.07) is 16.6. The molecule has 0 aliphatic rings. The van der Waals surface area contributed by atoms with Gasteiger partial charge in [-0.15, -0.1) is 0 Å². The highest BCUT2D eigenvalue weighted by molar-refractivity contribution is 5.99. The Kier molecular flexibility index (Phi) is 4.10. The number of carbonyl (C=O) groups is 1. The van der Waals surface area contributed by atoms with Crippen molar-refractivity contribution in [2.45, 2.75) is 6.42 Å². The van der Waals surface area contributed by atoms with Crippen molar-refractivity contribution in [3.63, 3.8) is 0 Å². The Hall–Kier alpha value is -3.08. The molecule has 5 heteroatoms. The van der Waals surface area contributed by atoms with Crippen LogP contribution in [-0.2, 0) is 6.42 Å². The lowest BCUT2D eigenvalue weighted by atomic mass is 10.1. The SMILES string of the molecule is Nc1cccc2[nH]c(=O)c(C(=O)NCCc3ccccc3)cc12. The standard InChI is InChI=1S/C18H17N3O2/c19-15-7-4-8-16-13(15)11-14(18(23)21-16)17(22)20-10-9-12-5-2-1-3-6-12/h1-8,11H,9-10,19H2,(H,20,22)(H,21,23). The predicted octanol–water partition coefficient (Wildman–Crippen LogP) is 2.08. The number of nitrogens with two attached hydrogens (primary N) is 1. The molecule has 5 nitrogen and oxygen atoms in total. The molecule has 0 fully saturated rings. The minimum absolute atomic E-state index is 0.0726. The number of H-pyrrole nitrogens is 1. The summed E-state index contributed by atoms with van der Waals surface area (Å²) in [5.41, 5.74) is 7.83. The van der Waals surface area contributed by atoms with Gasteiger partial charge < -0.3 is 16.0 Å². The number of aromatic amines is 1. The van der Waals surface area contributed by atoms with Gasteiger partial charge in [0.15, 0.2) is 0 Å². The topological polar surface area (TPSA) is 88.0 Å². The van der Waals surface area contributed by atoms with Crippen molar-refractivity contribution in [2.75, 3.05) is 12.3 Å². The van der Waals surface area contributed by atoms with Crippen molar-refractivity contribution in [2.24, 2.45) is 0 Å². The Bertz CT molecular complexity index is 901. The molecule has 1 heterocycles. The molecule has 0 spiro atoms. The van der Waals surface area contributed by atoms with E-state index in [0.717, 1.165) is 5.56 Å². The summed E-state index contributed by atoms with van der Waals surface area (Å²) in [4.78, 5) is 27.0. The van der Waals surface area contributed by atoms with Gasteiger partial charge in [-0.1, -0.05) is 36.4 Å². The van der Waals surface area contributed by atoms with E-state index in [1.165, 1.54) is 0 Å². The number of anilines is 1. The first-order valence-corrected chi connectivity index (χ1v) is 7.39. The first-order valence-electron chi connectivity index (χ1n) is 7.39. The van der Waals surface area contributed by atoms with Gasteiger partial charge in [-0.25, -0.2) is 0 Å². The second kappa shape index (κ2) is 6.36. The molecule has 1 aromatic heterocycles. The summed E-state index contributed by atoms with van der Waals surface area (Å²) in [5, 5.41) is 3.44. The van der Waals surface area contributed by atoms with Crippen LogP contribution >= 0.6 is 0 Å². The average Bonchev–Trinajstić information content (AvgIpc) is 2.55. The number of pyridine rings is 1. The number of nitrogens with one attached hydrogen (secondary N) is 2. The van der Waals surface area contributed by atoms with Crippen LogP contribution in [0.2, 0.25) is 0 Å². The lowest BCUT2D eigenvalue weighted by molar-refractivity contribution is 0.0953. The van der Waals surface area contributed by atoms with Crippen LogP contribution in [0.1, 0.15) is 15.9 Å². The fraction of sp³-hybridized carbons (Fsp3) is 0.111. The Morgan fingerprint density at radius 1 is 1.09 bits per heavy atom. The van der Waals surface area contributed by atoms with Crippen molar-refractivity contribution in [3.8, 4) is 0 Å². The van der Waals surface area contributed by atoms with E-state index in [1.807, 2.05) is 30.3 Å². The van der Waals surface area contributed by atoms with Crippen LogP contribution in [0, 0.1) is 0 Å². The van der Waals surface area contributed by atoms with Crippen LogP contribution in [0.25, 0.3) is 10.9 Å². The lowest BCUT2D eigenvalue weighted by Gasteiger charge is -2.07. The maximum Gasteiger partial charge on any atom is 0.261 e. The predicted molar refractivity (Wildman–Crippen MR) is 91.5 cm³/mol. The van der Waals surface area contributed by atoms with Gasteiger partial charge in [0.1, 0.15) is 5.56 Å². The molecular weight excluding hydrogens is 290 g/mol. The Morgan fingerprint density at radius 3 is 2.65 bits per heavy atom. The molecule has 1 amide bonds. The van der Waals surface area contributed by atoms with E-state index in [9.17, 15) is 9.59 Å². The number of hydrogen-bond donors (Lipinski definition) is 3. The fourth-order valence-corrected chi connectivity index (χ4v) is 2.48. The number of hydrogen-bond acceptors (Lipinski definition) is 3. The van der Waals surface area contributed by atoms with Crippen LogP contribution in [0.5, 0.6) is 0 Å². The van der Waals surface area contributed by atoms with Crippen molar-refractivity contribution in [3.05, 3.63) is 76.1 Å². The number of benzene rings is 2. The molecular formula is C18H17N3O2. The second-order valence-corrected chi connectivity index (χ2v) is 5.31. The monoisotopic (exact) mass is 307 g/mol. The van der Waals surface area contributed by atoms with E-state index in [4.69, 9.17) is 5.73 Å². The molecule has 0 aliphatic carbocycles. The first-order chi connectivity index (χ1) is 11.1. The Balaban J connectivity index is 1.77. The number of aromatic nitrogens is 1. The van der Waals surface area contributed by atoms with Gasteiger partial charge in [0, 0.05) is 17.6 Å². The van der Waals surface area contributed by atoms with Gasteiger partial charge in [0.2, 0.25) is 0 Å². The number of amides is 1.